The lowest BCUT2D eigenvalue weighted by atomic mass is 10.0. The molecule has 2 N–H and O–H groups in total. The topological polar surface area (TPSA) is 77.6 Å². The molecule has 1 unspecified atom stereocenters. The summed E-state index contributed by atoms with van der Waals surface area (Å²) in [6.07, 6.45) is 5.14. The van der Waals surface area contributed by atoms with Gasteiger partial charge in [0.15, 0.2) is 0 Å². The van der Waals surface area contributed by atoms with Crippen molar-refractivity contribution in [1.82, 2.24) is 20.1 Å². The monoisotopic (exact) mass is 477 g/mol. The van der Waals surface area contributed by atoms with Crippen LogP contribution < -0.4 is 10.6 Å². The second-order valence-corrected chi connectivity index (χ2v) is 9.05. The smallest absolute Gasteiger partial charge is 0.317 e. The van der Waals surface area contributed by atoms with Gasteiger partial charge in [0.05, 0.1) is 28.0 Å². The molecule has 1 aromatic carbocycles. The lowest BCUT2D eigenvalue weighted by molar-refractivity contribution is -0.114. The van der Waals surface area contributed by atoms with Crippen LogP contribution in [0.1, 0.15) is 38.3 Å². The van der Waals surface area contributed by atoms with E-state index in [2.05, 4.69) is 27.6 Å². The number of benzene rings is 1. The number of halogens is 2. The van der Waals surface area contributed by atoms with Gasteiger partial charge in [-0.25, -0.2) is 4.79 Å². The molecule has 1 atom stereocenters. The predicted molar refractivity (Wildman–Crippen MR) is 129 cm³/mol. The number of hydrogen-bond donors (Lipinski definition) is 2. The molecule has 1 saturated heterocycles. The van der Waals surface area contributed by atoms with Crippen molar-refractivity contribution in [3.05, 3.63) is 46.2 Å². The van der Waals surface area contributed by atoms with Crippen molar-refractivity contribution in [2.45, 2.75) is 38.8 Å². The van der Waals surface area contributed by atoms with Crippen LogP contribution in [0.4, 0.5) is 10.5 Å². The fraction of sp³-hybridized carbons (Fsp3) is 0.435. The van der Waals surface area contributed by atoms with Crippen molar-refractivity contribution < 1.29 is 9.59 Å². The number of rotatable bonds is 5. The summed E-state index contributed by atoms with van der Waals surface area (Å²) in [4.78, 5) is 32.4. The Morgan fingerprint density at radius 3 is 2.53 bits per heavy atom. The Kier molecular flexibility index (Phi) is 7.98. The van der Waals surface area contributed by atoms with E-state index in [1.807, 2.05) is 26.1 Å². The molecule has 7 nitrogen and oxygen atoms in total. The summed E-state index contributed by atoms with van der Waals surface area (Å²) in [6, 6.07) is 5.27. The maximum absolute atomic E-state index is 12.8. The Labute approximate surface area is 199 Å². The number of nitrogens with one attached hydrogen (secondary N) is 2. The molecular weight excluding hydrogens is 449 g/mol. The molecule has 1 aliphatic rings. The number of aromatic nitrogens is 1. The molecule has 1 aromatic heterocycles. The summed E-state index contributed by atoms with van der Waals surface area (Å²) in [6.45, 7) is 5.29. The zero-order valence-corrected chi connectivity index (χ0v) is 20.3. The summed E-state index contributed by atoms with van der Waals surface area (Å²) < 4.78 is 0. The molecule has 172 valence electrons. The molecule has 0 aliphatic carbocycles. The summed E-state index contributed by atoms with van der Waals surface area (Å²) in [5, 5.41) is 6.49. The summed E-state index contributed by atoms with van der Waals surface area (Å²) in [5.41, 5.74) is 2.73. The molecule has 2 aromatic rings. The second kappa shape index (κ2) is 10.5. The molecule has 1 aliphatic heterocycles. The average molecular weight is 478 g/mol. The fourth-order valence-corrected chi connectivity index (χ4v) is 4.50. The highest BCUT2D eigenvalue weighted by Crippen LogP contribution is 2.38. The Morgan fingerprint density at radius 2 is 1.88 bits per heavy atom. The maximum Gasteiger partial charge on any atom is 0.317 e. The van der Waals surface area contributed by atoms with Gasteiger partial charge in [0.2, 0.25) is 5.91 Å². The lowest BCUT2D eigenvalue weighted by Crippen LogP contribution is -2.48. The van der Waals surface area contributed by atoms with Gasteiger partial charge in [-0.1, -0.05) is 35.3 Å². The standard InChI is InChI=1S/C23H29Cl2N5O2/c1-14(27-23(32)30(4)18-7-9-29(3)10-8-18)19-5-6-20(22(25)21(19)24)16-11-17(13-26-12-16)28-15(2)31/h5-6,11-14,18H,7-10H2,1-4H3,(H,27,32)(H,28,31). The van der Waals surface area contributed by atoms with Crippen LogP contribution in [0.5, 0.6) is 0 Å². The zero-order valence-electron chi connectivity index (χ0n) is 18.8. The molecule has 2 heterocycles. The van der Waals surface area contributed by atoms with E-state index < -0.39 is 0 Å². The number of carbonyl (C=O) groups is 2. The number of pyridine rings is 1. The van der Waals surface area contributed by atoms with E-state index in [1.165, 1.54) is 6.92 Å². The van der Waals surface area contributed by atoms with Crippen molar-refractivity contribution in [2.75, 3.05) is 32.5 Å². The van der Waals surface area contributed by atoms with Gasteiger partial charge >= 0.3 is 6.03 Å². The van der Waals surface area contributed by atoms with Crippen molar-refractivity contribution in [3.63, 3.8) is 0 Å². The first-order valence-electron chi connectivity index (χ1n) is 10.6. The minimum atomic E-state index is -0.320. The molecule has 0 bridgehead atoms. The predicted octanol–water partition coefficient (Wildman–Crippen LogP) is 4.81. The Hall–Kier alpha value is -2.35. The number of piperidine rings is 1. The highest BCUT2D eigenvalue weighted by Gasteiger charge is 2.25. The van der Waals surface area contributed by atoms with E-state index in [1.54, 1.807) is 23.4 Å². The Bertz CT molecular complexity index is 992. The fourth-order valence-electron chi connectivity index (χ4n) is 3.89. The first-order valence-corrected chi connectivity index (χ1v) is 11.4. The molecule has 1 fully saturated rings. The van der Waals surface area contributed by atoms with Crippen LogP contribution in [-0.2, 0) is 4.79 Å². The quantitative estimate of drug-likeness (QED) is 0.647. The minimum absolute atomic E-state index is 0.129. The number of anilines is 1. The van der Waals surface area contributed by atoms with Gasteiger partial charge in [-0.15, -0.1) is 0 Å². The number of likely N-dealkylation sites (tertiary alicyclic amines) is 1. The molecule has 0 radical (unpaired) electrons. The Morgan fingerprint density at radius 1 is 1.19 bits per heavy atom. The summed E-state index contributed by atoms with van der Waals surface area (Å²) in [5.74, 6) is -0.182. The third-order valence-electron chi connectivity index (χ3n) is 5.84. The molecule has 0 saturated carbocycles. The lowest BCUT2D eigenvalue weighted by Gasteiger charge is -2.35. The number of hydrogen-bond acceptors (Lipinski definition) is 4. The first-order chi connectivity index (χ1) is 15.2. The van der Waals surface area contributed by atoms with Gasteiger partial charge in [-0.05, 0) is 51.5 Å². The minimum Gasteiger partial charge on any atom is -0.331 e. The van der Waals surface area contributed by atoms with Crippen molar-refractivity contribution in [1.29, 1.82) is 0 Å². The zero-order chi connectivity index (χ0) is 23.4. The Balaban J connectivity index is 1.74. The summed E-state index contributed by atoms with van der Waals surface area (Å²) >= 11 is 13.2. The number of carbonyl (C=O) groups excluding carboxylic acids is 2. The molecular formula is C23H29Cl2N5O2. The van der Waals surface area contributed by atoms with Crippen molar-refractivity contribution in [2.24, 2.45) is 0 Å². The first kappa shape index (κ1) is 24.3. The van der Waals surface area contributed by atoms with Gasteiger partial charge < -0.3 is 20.4 Å². The van der Waals surface area contributed by atoms with E-state index in [9.17, 15) is 9.59 Å². The number of urea groups is 1. The van der Waals surface area contributed by atoms with E-state index in [4.69, 9.17) is 23.2 Å². The van der Waals surface area contributed by atoms with Crippen LogP contribution in [0.3, 0.4) is 0 Å². The SMILES string of the molecule is CC(=O)Nc1cncc(-c2ccc(C(C)NC(=O)N(C)C3CCN(C)CC3)c(Cl)c2Cl)c1. The van der Waals surface area contributed by atoms with Crippen LogP contribution in [-0.4, -0.2) is 59.9 Å². The average Bonchev–Trinajstić information content (AvgIpc) is 2.75. The van der Waals surface area contributed by atoms with Crippen molar-refractivity contribution in [3.8, 4) is 11.1 Å². The highest BCUT2D eigenvalue weighted by atomic mass is 35.5. The van der Waals surface area contributed by atoms with Crippen LogP contribution in [0.25, 0.3) is 11.1 Å². The van der Waals surface area contributed by atoms with Gasteiger partial charge in [0, 0.05) is 37.3 Å². The molecule has 0 spiro atoms. The normalized spacial score (nSPS) is 15.8. The van der Waals surface area contributed by atoms with E-state index in [-0.39, 0.29) is 24.0 Å². The third kappa shape index (κ3) is 5.71. The number of amides is 3. The largest absolute Gasteiger partial charge is 0.331 e. The van der Waals surface area contributed by atoms with Gasteiger partial charge in [-0.2, -0.15) is 0 Å². The van der Waals surface area contributed by atoms with E-state index in [0.717, 1.165) is 37.1 Å². The summed E-state index contributed by atoms with van der Waals surface area (Å²) in [7, 11) is 3.94. The number of nitrogens with zero attached hydrogens (tertiary/aromatic N) is 3. The molecule has 3 amide bonds. The molecule has 3 rings (SSSR count). The highest BCUT2D eigenvalue weighted by molar-refractivity contribution is 6.44. The van der Waals surface area contributed by atoms with Crippen LogP contribution in [0, 0.1) is 0 Å². The van der Waals surface area contributed by atoms with E-state index in [0.29, 0.717) is 21.3 Å². The van der Waals surface area contributed by atoms with Crippen LogP contribution in [0.2, 0.25) is 10.0 Å². The van der Waals surface area contributed by atoms with Crippen LogP contribution in [0.15, 0.2) is 30.6 Å². The third-order valence-corrected chi connectivity index (χ3v) is 6.74. The van der Waals surface area contributed by atoms with Crippen molar-refractivity contribution >= 4 is 40.8 Å². The van der Waals surface area contributed by atoms with Gasteiger partial charge in [-0.3, -0.25) is 9.78 Å². The van der Waals surface area contributed by atoms with Gasteiger partial charge in [0.1, 0.15) is 0 Å². The van der Waals surface area contributed by atoms with Gasteiger partial charge in [0.25, 0.3) is 0 Å². The van der Waals surface area contributed by atoms with Crippen LogP contribution >= 0.6 is 23.2 Å². The maximum atomic E-state index is 12.8. The molecule has 9 heteroatoms. The van der Waals surface area contributed by atoms with E-state index >= 15 is 0 Å². The second-order valence-electron chi connectivity index (χ2n) is 8.29. The molecule has 32 heavy (non-hydrogen) atoms.